The van der Waals surface area contributed by atoms with E-state index in [9.17, 15) is 4.79 Å². The Morgan fingerprint density at radius 2 is 2.00 bits per heavy atom. The second-order valence-corrected chi connectivity index (χ2v) is 6.42. The molecule has 0 fully saturated rings. The Balaban J connectivity index is 2.64. The maximum Gasteiger partial charge on any atom is 0.531 e. The summed E-state index contributed by atoms with van der Waals surface area (Å²) in [5.74, 6) is -0.314. The summed E-state index contributed by atoms with van der Waals surface area (Å²) in [4.78, 5) is 18.8. The number of azide groups is 1. The molecule has 0 aliphatic carbocycles. The van der Waals surface area contributed by atoms with Crippen LogP contribution in [-0.2, 0) is 5.41 Å². The minimum absolute atomic E-state index is 0.163. The normalized spacial score (nSPS) is 12.3. The fraction of sp³-hybridized carbons (Fsp3) is 0.353. The summed E-state index contributed by atoms with van der Waals surface area (Å²) in [6, 6.07) is 11.3. The second-order valence-electron chi connectivity index (χ2n) is 6.42. The van der Waals surface area contributed by atoms with Crippen LogP contribution in [0.3, 0.4) is 0 Å². The first-order valence-corrected chi connectivity index (χ1v) is 7.53. The number of benzene rings is 1. The number of rotatable bonds is 5. The maximum atomic E-state index is 11.0. The molecule has 7 nitrogen and oxygen atoms in total. The van der Waals surface area contributed by atoms with Crippen LogP contribution in [0.2, 0.25) is 0 Å². The van der Waals surface area contributed by atoms with Crippen LogP contribution < -0.4 is 4.84 Å². The SMILES string of the molecule is CC(C)(C)c1ccn(OC(=O)O)c1[C@@H](CN=[N+]=[N-])c1ccccc1. The third kappa shape index (κ3) is 3.88. The summed E-state index contributed by atoms with van der Waals surface area (Å²) in [6.45, 7) is 6.27. The van der Waals surface area contributed by atoms with Crippen molar-refractivity contribution in [2.75, 3.05) is 6.54 Å². The third-order valence-electron chi connectivity index (χ3n) is 3.73. The number of carboxylic acid groups (broad SMARTS) is 1. The summed E-state index contributed by atoms with van der Waals surface area (Å²) in [6.07, 6.45) is 0.179. The average molecular weight is 328 g/mol. The van der Waals surface area contributed by atoms with E-state index in [-0.39, 0.29) is 17.9 Å². The summed E-state index contributed by atoms with van der Waals surface area (Å²) in [5, 5.41) is 12.7. The number of hydrogen-bond acceptors (Lipinski definition) is 3. The molecule has 0 aliphatic rings. The third-order valence-corrected chi connectivity index (χ3v) is 3.73. The van der Waals surface area contributed by atoms with Crippen molar-refractivity contribution < 1.29 is 14.7 Å². The zero-order valence-electron chi connectivity index (χ0n) is 13.9. The smallest absolute Gasteiger partial charge is 0.448 e. The van der Waals surface area contributed by atoms with Crippen LogP contribution in [0.25, 0.3) is 10.4 Å². The molecule has 1 heterocycles. The maximum absolute atomic E-state index is 11.0. The van der Waals surface area contributed by atoms with Crippen molar-refractivity contribution in [1.29, 1.82) is 0 Å². The Morgan fingerprint density at radius 1 is 1.33 bits per heavy atom. The van der Waals surface area contributed by atoms with Gasteiger partial charge in [-0.25, -0.2) is 4.79 Å². The molecule has 126 valence electrons. The van der Waals surface area contributed by atoms with Gasteiger partial charge < -0.3 is 9.94 Å². The summed E-state index contributed by atoms with van der Waals surface area (Å²) >= 11 is 0. The first-order valence-electron chi connectivity index (χ1n) is 7.53. The van der Waals surface area contributed by atoms with Crippen LogP contribution in [0.5, 0.6) is 0 Å². The van der Waals surface area contributed by atoms with E-state index in [1.54, 1.807) is 6.20 Å². The van der Waals surface area contributed by atoms with Crippen LogP contribution >= 0.6 is 0 Å². The van der Waals surface area contributed by atoms with Gasteiger partial charge in [0, 0.05) is 23.6 Å². The van der Waals surface area contributed by atoms with Crippen LogP contribution in [0.1, 0.15) is 43.5 Å². The predicted molar refractivity (Wildman–Crippen MR) is 90.0 cm³/mol. The molecule has 1 aromatic carbocycles. The van der Waals surface area contributed by atoms with Crippen LogP contribution in [0.15, 0.2) is 47.7 Å². The lowest BCUT2D eigenvalue weighted by molar-refractivity contribution is 0.0782. The van der Waals surface area contributed by atoms with Crippen LogP contribution in [0, 0.1) is 0 Å². The standard InChI is InChI=1S/C17H20N4O3/c1-17(2,3)14-9-10-21(24-16(22)23)15(14)13(11-19-20-18)12-7-5-4-6-8-12/h4-10,13H,11H2,1-3H3,(H,22,23)/t13-/m0/s1. The summed E-state index contributed by atoms with van der Waals surface area (Å²) < 4.78 is 1.24. The minimum atomic E-state index is -1.40. The largest absolute Gasteiger partial charge is 0.531 e. The summed E-state index contributed by atoms with van der Waals surface area (Å²) in [5.41, 5.74) is 11.0. The average Bonchev–Trinajstić information content (AvgIpc) is 2.92. The second kappa shape index (κ2) is 7.10. The highest BCUT2D eigenvalue weighted by molar-refractivity contribution is 5.57. The molecule has 0 bridgehead atoms. The van der Waals surface area contributed by atoms with Gasteiger partial charge in [-0.05, 0) is 28.1 Å². The fourth-order valence-electron chi connectivity index (χ4n) is 2.72. The lowest BCUT2D eigenvalue weighted by atomic mass is 9.82. The number of hydrogen-bond donors (Lipinski definition) is 1. The summed E-state index contributed by atoms with van der Waals surface area (Å²) in [7, 11) is 0. The molecule has 0 amide bonds. The van der Waals surface area contributed by atoms with Crippen molar-refractivity contribution in [3.8, 4) is 0 Å². The van der Waals surface area contributed by atoms with Crippen LogP contribution in [-0.4, -0.2) is 22.5 Å². The lowest BCUT2D eigenvalue weighted by Crippen LogP contribution is -2.25. The van der Waals surface area contributed by atoms with Gasteiger partial charge in [0.2, 0.25) is 0 Å². The first-order chi connectivity index (χ1) is 11.3. The molecule has 1 atom stereocenters. The van der Waals surface area contributed by atoms with Crippen molar-refractivity contribution in [1.82, 2.24) is 4.73 Å². The predicted octanol–water partition coefficient (Wildman–Crippen LogP) is 4.33. The van der Waals surface area contributed by atoms with E-state index in [2.05, 4.69) is 10.0 Å². The molecule has 2 aromatic rings. The van der Waals surface area contributed by atoms with Gasteiger partial charge in [-0.3, -0.25) is 0 Å². The van der Waals surface area contributed by atoms with Gasteiger partial charge in [0.1, 0.15) is 0 Å². The van der Waals surface area contributed by atoms with Gasteiger partial charge in [0.05, 0.1) is 5.69 Å². The van der Waals surface area contributed by atoms with Crippen LogP contribution in [0.4, 0.5) is 4.79 Å². The number of nitrogens with zero attached hydrogens (tertiary/aromatic N) is 4. The molecule has 0 saturated heterocycles. The van der Waals surface area contributed by atoms with E-state index in [4.69, 9.17) is 15.5 Å². The Morgan fingerprint density at radius 3 is 2.54 bits per heavy atom. The van der Waals surface area contributed by atoms with Gasteiger partial charge in [0.15, 0.2) is 0 Å². The molecule has 0 radical (unpaired) electrons. The first kappa shape index (κ1) is 17.4. The lowest BCUT2D eigenvalue weighted by Gasteiger charge is -2.25. The van der Waals surface area contributed by atoms with Crippen molar-refractivity contribution >= 4 is 6.16 Å². The van der Waals surface area contributed by atoms with E-state index in [1.165, 1.54) is 4.73 Å². The molecular weight excluding hydrogens is 308 g/mol. The molecule has 0 aliphatic heterocycles. The fourth-order valence-corrected chi connectivity index (χ4v) is 2.72. The van der Waals surface area contributed by atoms with E-state index >= 15 is 0 Å². The Kier molecular flexibility index (Phi) is 5.16. The highest BCUT2D eigenvalue weighted by atomic mass is 16.8. The van der Waals surface area contributed by atoms with Gasteiger partial charge in [-0.1, -0.05) is 56.2 Å². The van der Waals surface area contributed by atoms with E-state index in [0.717, 1.165) is 11.1 Å². The van der Waals surface area contributed by atoms with E-state index < -0.39 is 6.16 Å². The van der Waals surface area contributed by atoms with Crippen molar-refractivity contribution in [2.24, 2.45) is 5.11 Å². The van der Waals surface area contributed by atoms with Gasteiger partial charge >= 0.3 is 6.16 Å². The van der Waals surface area contributed by atoms with Crippen molar-refractivity contribution in [3.05, 3.63) is 69.9 Å². The molecule has 2 rings (SSSR count). The zero-order valence-corrected chi connectivity index (χ0v) is 13.9. The molecular formula is C17H20N4O3. The van der Waals surface area contributed by atoms with Gasteiger partial charge in [-0.15, -0.1) is 0 Å². The molecule has 7 heteroatoms. The minimum Gasteiger partial charge on any atom is -0.448 e. The Labute approximate surface area is 140 Å². The van der Waals surface area contributed by atoms with Gasteiger partial charge in [0.25, 0.3) is 0 Å². The molecule has 0 spiro atoms. The zero-order chi connectivity index (χ0) is 17.7. The van der Waals surface area contributed by atoms with E-state index in [0.29, 0.717) is 5.69 Å². The van der Waals surface area contributed by atoms with Crippen molar-refractivity contribution in [3.63, 3.8) is 0 Å². The highest BCUT2D eigenvalue weighted by Crippen LogP contribution is 2.35. The highest BCUT2D eigenvalue weighted by Gasteiger charge is 2.28. The Bertz CT molecular complexity index is 756. The number of carbonyl (C=O) groups is 1. The molecule has 24 heavy (non-hydrogen) atoms. The van der Waals surface area contributed by atoms with Gasteiger partial charge in [-0.2, -0.15) is 4.73 Å². The van der Waals surface area contributed by atoms with Crippen molar-refractivity contribution in [2.45, 2.75) is 32.1 Å². The molecule has 1 aromatic heterocycles. The Hall–Kier alpha value is -2.92. The van der Waals surface area contributed by atoms with E-state index in [1.807, 2.05) is 57.2 Å². The molecule has 0 saturated carbocycles. The number of aromatic nitrogens is 1. The quantitative estimate of drug-likeness (QED) is 0.502. The molecule has 0 unspecified atom stereocenters. The topological polar surface area (TPSA) is 100 Å². The monoisotopic (exact) mass is 328 g/mol. The molecule has 1 N–H and O–H groups in total.